The number of aliphatic hydroxyl groups excluding tert-OH is 1. The number of nitrogens with zero attached hydrogens (tertiary/aromatic N) is 1. The highest BCUT2D eigenvalue weighted by Crippen LogP contribution is 2.44. The first-order chi connectivity index (χ1) is 14.0. The molecule has 2 aromatic carbocycles. The van der Waals surface area contributed by atoms with Crippen molar-refractivity contribution >= 4 is 6.09 Å². The van der Waals surface area contributed by atoms with E-state index in [2.05, 4.69) is 24.3 Å². The molecule has 2 aliphatic rings. The summed E-state index contributed by atoms with van der Waals surface area (Å²) >= 11 is 0. The van der Waals surface area contributed by atoms with Gasteiger partial charge < -0.3 is 24.2 Å². The molecule has 4 atom stereocenters. The number of carbonyl (C=O) groups is 1. The molecule has 2 aromatic rings. The summed E-state index contributed by atoms with van der Waals surface area (Å²) in [6, 6.07) is 16.0. The van der Waals surface area contributed by atoms with Crippen LogP contribution in [0.5, 0.6) is 0 Å². The van der Waals surface area contributed by atoms with Crippen LogP contribution in [0.2, 0.25) is 0 Å². The van der Waals surface area contributed by atoms with Crippen LogP contribution < -0.4 is 0 Å². The van der Waals surface area contributed by atoms with Crippen LogP contribution in [-0.2, 0) is 14.2 Å². The number of amides is 1. The topological polar surface area (TPSA) is 68.2 Å². The number of rotatable bonds is 4. The van der Waals surface area contributed by atoms with Crippen molar-refractivity contribution in [3.8, 4) is 11.1 Å². The molecule has 0 radical (unpaired) electrons. The predicted octanol–water partition coefficient (Wildman–Crippen LogP) is 3.38. The zero-order chi connectivity index (χ0) is 20.5. The Morgan fingerprint density at radius 1 is 1.14 bits per heavy atom. The van der Waals surface area contributed by atoms with Gasteiger partial charge in [0.05, 0.1) is 18.2 Å². The lowest BCUT2D eigenvalue weighted by atomic mass is 9.98. The Morgan fingerprint density at radius 3 is 2.28 bits per heavy atom. The van der Waals surface area contributed by atoms with Crippen LogP contribution in [0.4, 0.5) is 4.79 Å². The van der Waals surface area contributed by atoms with E-state index in [0.717, 1.165) is 0 Å². The van der Waals surface area contributed by atoms with Crippen LogP contribution in [-0.4, -0.2) is 61.4 Å². The van der Waals surface area contributed by atoms with Gasteiger partial charge >= 0.3 is 6.09 Å². The summed E-state index contributed by atoms with van der Waals surface area (Å²) in [5, 5.41) is 10.5. The smallest absolute Gasteiger partial charge is 0.409 e. The lowest BCUT2D eigenvalue weighted by Crippen LogP contribution is -2.57. The highest BCUT2D eigenvalue weighted by molar-refractivity contribution is 5.79. The number of hydrogen-bond donors (Lipinski definition) is 1. The lowest BCUT2D eigenvalue weighted by Gasteiger charge is -2.41. The minimum absolute atomic E-state index is 0.00238. The van der Waals surface area contributed by atoms with E-state index in [4.69, 9.17) is 14.2 Å². The first-order valence-electron chi connectivity index (χ1n) is 9.95. The molecule has 4 rings (SSSR count). The van der Waals surface area contributed by atoms with Gasteiger partial charge in [-0.25, -0.2) is 4.79 Å². The molecular formula is C23H27NO5. The summed E-state index contributed by atoms with van der Waals surface area (Å²) in [7, 11) is 3.18. The van der Waals surface area contributed by atoms with Crippen molar-refractivity contribution in [1.82, 2.24) is 4.90 Å². The van der Waals surface area contributed by atoms with Crippen molar-refractivity contribution in [3.05, 3.63) is 59.7 Å². The zero-order valence-corrected chi connectivity index (χ0v) is 16.9. The van der Waals surface area contributed by atoms with Gasteiger partial charge in [0.25, 0.3) is 0 Å². The summed E-state index contributed by atoms with van der Waals surface area (Å²) in [6.45, 7) is 2.07. The molecule has 1 aliphatic carbocycles. The van der Waals surface area contributed by atoms with Gasteiger partial charge in [-0.1, -0.05) is 48.5 Å². The molecule has 1 saturated heterocycles. The first kappa shape index (κ1) is 19.9. The maximum Gasteiger partial charge on any atom is 0.409 e. The maximum atomic E-state index is 12.8. The third-order valence-electron chi connectivity index (χ3n) is 6.01. The van der Waals surface area contributed by atoms with Crippen molar-refractivity contribution in [3.63, 3.8) is 0 Å². The fraction of sp³-hybridized carbons (Fsp3) is 0.435. The van der Waals surface area contributed by atoms with E-state index >= 15 is 0 Å². The zero-order valence-electron chi connectivity index (χ0n) is 16.9. The number of likely N-dealkylation sites (N-methyl/N-ethyl adjacent to an activating group) is 1. The number of hydrogen-bond acceptors (Lipinski definition) is 5. The summed E-state index contributed by atoms with van der Waals surface area (Å²) < 4.78 is 16.6. The molecule has 1 heterocycles. The Morgan fingerprint density at radius 2 is 1.72 bits per heavy atom. The van der Waals surface area contributed by atoms with E-state index in [1.807, 2.05) is 31.2 Å². The van der Waals surface area contributed by atoms with Crippen LogP contribution >= 0.6 is 0 Å². The minimum Gasteiger partial charge on any atom is -0.448 e. The monoisotopic (exact) mass is 397 g/mol. The molecule has 0 saturated carbocycles. The van der Waals surface area contributed by atoms with E-state index in [9.17, 15) is 9.90 Å². The van der Waals surface area contributed by atoms with Gasteiger partial charge in [0.1, 0.15) is 6.61 Å². The summed E-state index contributed by atoms with van der Waals surface area (Å²) in [5.41, 5.74) is 4.71. The molecule has 154 valence electrons. The Balaban J connectivity index is 1.46. The van der Waals surface area contributed by atoms with Gasteiger partial charge in [-0.3, -0.25) is 0 Å². The molecule has 6 heteroatoms. The van der Waals surface area contributed by atoms with E-state index in [-0.39, 0.29) is 18.6 Å². The van der Waals surface area contributed by atoms with Gasteiger partial charge in [0.2, 0.25) is 0 Å². The van der Waals surface area contributed by atoms with Crippen LogP contribution in [0.15, 0.2) is 48.5 Å². The van der Waals surface area contributed by atoms with Gasteiger partial charge in [0.15, 0.2) is 6.29 Å². The van der Waals surface area contributed by atoms with E-state index < -0.39 is 24.5 Å². The Hall–Kier alpha value is -2.41. The number of fused-ring (bicyclic) bond motifs is 3. The van der Waals surface area contributed by atoms with E-state index in [1.165, 1.54) is 27.2 Å². The molecule has 29 heavy (non-hydrogen) atoms. The van der Waals surface area contributed by atoms with Crippen LogP contribution in [0.1, 0.15) is 30.4 Å². The van der Waals surface area contributed by atoms with Gasteiger partial charge in [0, 0.05) is 26.5 Å². The molecule has 1 N–H and O–H groups in total. The van der Waals surface area contributed by atoms with E-state index in [0.29, 0.717) is 6.42 Å². The van der Waals surface area contributed by atoms with E-state index in [1.54, 1.807) is 14.2 Å². The third kappa shape index (κ3) is 3.64. The van der Waals surface area contributed by atoms with Gasteiger partial charge in [-0.15, -0.1) is 0 Å². The predicted molar refractivity (Wildman–Crippen MR) is 109 cm³/mol. The Bertz CT molecular complexity index is 828. The SMILES string of the molecule is COC1C[C@H](O)[C@H](N(C)C(=O)OCC2c3ccccc3-c3ccccc32)[C@@H](C)O1. The number of methoxy groups -OCH3 is 1. The summed E-state index contributed by atoms with van der Waals surface area (Å²) in [5.74, 6) is 0.00238. The average Bonchev–Trinajstić information content (AvgIpc) is 3.05. The highest BCUT2D eigenvalue weighted by Gasteiger charge is 2.40. The molecule has 6 nitrogen and oxygen atoms in total. The third-order valence-corrected chi connectivity index (χ3v) is 6.01. The standard InChI is InChI=1S/C23H27NO5/c1-14-22(20(25)12-21(27-3)29-14)24(2)23(26)28-13-19-17-10-6-4-8-15(17)16-9-5-7-11-18(16)19/h4-11,14,19-22,25H,12-13H2,1-3H3/t14-,20+,21?,22-/m1/s1. The Labute approximate surface area is 171 Å². The van der Waals surface area contributed by atoms with Crippen molar-refractivity contribution in [2.45, 2.75) is 43.8 Å². The largest absolute Gasteiger partial charge is 0.448 e. The first-order valence-corrected chi connectivity index (χ1v) is 9.95. The van der Waals surface area contributed by atoms with Crippen molar-refractivity contribution in [2.75, 3.05) is 20.8 Å². The fourth-order valence-corrected chi connectivity index (χ4v) is 4.57. The minimum atomic E-state index is -0.741. The van der Waals surface area contributed by atoms with Gasteiger partial charge in [-0.05, 0) is 29.2 Å². The Kier molecular flexibility index (Phi) is 5.58. The van der Waals surface area contributed by atoms with Gasteiger partial charge in [-0.2, -0.15) is 0 Å². The van der Waals surface area contributed by atoms with Crippen molar-refractivity contribution in [1.29, 1.82) is 0 Å². The summed E-state index contributed by atoms with van der Waals surface area (Å²) in [6.07, 6.45) is -1.73. The molecule has 0 aromatic heterocycles. The summed E-state index contributed by atoms with van der Waals surface area (Å²) in [4.78, 5) is 14.2. The quantitative estimate of drug-likeness (QED) is 0.857. The normalized spacial score (nSPS) is 25.9. The molecule has 1 amide bonds. The molecule has 0 bridgehead atoms. The lowest BCUT2D eigenvalue weighted by molar-refractivity contribution is -0.220. The molecular weight excluding hydrogens is 370 g/mol. The van der Waals surface area contributed by atoms with Crippen LogP contribution in [0.25, 0.3) is 11.1 Å². The number of carbonyl (C=O) groups excluding carboxylic acids is 1. The molecule has 1 fully saturated rings. The second-order valence-corrected chi connectivity index (χ2v) is 7.72. The second kappa shape index (κ2) is 8.14. The van der Waals surface area contributed by atoms with Crippen LogP contribution in [0.3, 0.4) is 0 Å². The number of aliphatic hydroxyl groups is 1. The average molecular weight is 397 g/mol. The number of ether oxygens (including phenoxy) is 3. The highest BCUT2D eigenvalue weighted by atomic mass is 16.7. The fourth-order valence-electron chi connectivity index (χ4n) is 4.57. The number of benzene rings is 2. The second-order valence-electron chi connectivity index (χ2n) is 7.72. The molecule has 0 spiro atoms. The maximum absolute atomic E-state index is 12.8. The molecule has 1 aliphatic heterocycles. The van der Waals surface area contributed by atoms with Crippen molar-refractivity contribution < 1.29 is 24.1 Å². The molecule has 1 unspecified atom stereocenters. The van der Waals surface area contributed by atoms with Crippen LogP contribution in [0, 0.1) is 0 Å². The van der Waals surface area contributed by atoms with Crippen molar-refractivity contribution in [2.24, 2.45) is 0 Å².